The molecule has 1 aliphatic heterocycles. The van der Waals surface area contributed by atoms with Gasteiger partial charge in [0, 0.05) is 25.3 Å². The Morgan fingerprint density at radius 2 is 1.87 bits per heavy atom. The topological polar surface area (TPSA) is 41.6 Å². The Morgan fingerprint density at radius 3 is 2.57 bits per heavy atom. The van der Waals surface area contributed by atoms with E-state index < -0.39 is 6.10 Å². The van der Waals surface area contributed by atoms with Crippen molar-refractivity contribution in [3.05, 3.63) is 59.7 Å². The zero-order valence-corrected chi connectivity index (χ0v) is 18.9. The van der Waals surface area contributed by atoms with Gasteiger partial charge in [0.2, 0.25) is 0 Å². The highest BCUT2D eigenvalue weighted by molar-refractivity contribution is 5.81. The van der Waals surface area contributed by atoms with Crippen LogP contribution >= 0.6 is 0 Å². The Balaban J connectivity index is 1.46. The van der Waals surface area contributed by atoms with E-state index in [1.165, 1.54) is 23.2 Å². The van der Waals surface area contributed by atoms with Gasteiger partial charge in [0.15, 0.2) is 6.10 Å². The first kappa shape index (κ1) is 22.2. The fraction of sp³-hybridized carbons (Fsp3) is 0.500. The minimum Gasteiger partial charge on any atom is -0.481 e. The molecule has 2 aromatic rings. The van der Waals surface area contributed by atoms with Crippen LogP contribution in [-0.2, 0) is 16.6 Å². The summed E-state index contributed by atoms with van der Waals surface area (Å²) in [5, 5.41) is 3.06. The lowest BCUT2D eigenvalue weighted by Crippen LogP contribution is -2.39. The quantitative estimate of drug-likeness (QED) is 0.618. The number of nitrogens with zero attached hydrogens (tertiary/aromatic N) is 1. The Kier molecular flexibility index (Phi) is 7.41. The van der Waals surface area contributed by atoms with Crippen LogP contribution in [0.2, 0.25) is 0 Å². The summed E-state index contributed by atoms with van der Waals surface area (Å²) in [5.74, 6) is 0.714. The van der Waals surface area contributed by atoms with E-state index in [1.807, 2.05) is 19.1 Å². The lowest BCUT2D eigenvalue weighted by atomic mass is 9.87. The molecule has 0 radical (unpaired) electrons. The average molecular weight is 409 g/mol. The third kappa shape index (κ3) is 5.78. The van der Waals surface area contributed by atoms with E-state index in [1.54, 1.807) is 0 Å². The van der Waals surface area contributed by atoms with E-state index in [4.69, 9.17) is 4.74 Å². The highest BCUT2D eigenvalue weighted by atomic mass is 16.5. The molecule has 1 amide bonds. The first-order valence-electron chi connectivity index (χ1n) is 11.3. The third-order valence-electron chi connectivity index (χ3n) is 5.77. The van der Waals surface area contributed by atoms with Gasteiger partial charge < -0.3 is 15.0 Å². The number of aryl methyl sites for hydroxylation is 1. The molecular weight excluding hydrogens is 372 g/mol. The number of benzene rings is 2. The van der Waals surface area contributed by atoms with Crippen molar-refractivity contribution in [3.63, 3.8) is 0 Å². The largest absolute Gasteiger partial charge is 0.481 e. The fourth-order valence-electron chi connectivity index (χ4n) is 3.96. The van der Waals surface area contributed by atoms with E-state index in [0.717, 1.165) is 31.7 Å². The zero-order chi connectivity index (χ0) is 21.6. The smallest absolute Gasteiger partial charge is 0.261 e. The van der Waals surface area contributed by atoms with E-state index in [0.29, 0.717) is 13.0 Å². The number of ether oxygens (including phenoxy) is 1. The van der Waals surface area contributed by atoms with Crippen LogP contribution in [0.5, 0.6) is 5.75 Å². The zero-order valence-electron chi connectivity index (χ0n) is 18.9. The number of hydrogen-bond acceptors (Lipinski definition) is 3. The van der Waals surface area contributed by atoms with Gasteiger partial charge in [-0.25, -0.2) is 0 Å². The summed E-state index contributed by atoms with van der Waals surface area (Å²) >= 11 is 0. The predicted molar refractivity (Wildman–Crippen MR) is 124 cm³/mol. The lowest BCUT2D eigenvalue weighted by molar-refractivity contribution is -0.128. The van der Waals surface area contributed by atoms with E-state index in [9.17, 15) is 4.79 Å². The third-order valence-corrected chi connectivity index (χ3v) is 5.77. The first-order valence-corrected chi connectivity index (χ1v) is 11.3. The number of nitrogens with one attached hydrogen (secondary N) is 1. The summed E-state index contributed by atoms with van der Waals surface area (Å²) < 4.78 is 5.96. The summed E-state index contributed by atoms with van der Waals surface area (Å²) in [7, 11) is 0. The number of para-hydroxylation sites is 1. The van der Waals surface area contributed by atoms with Gasteiger partial charge in [-0.15, -0.1) is 0 Å². The van der Waals surface area contributed by atoms with Gasteiger partial charge in [0.25, 0.3) is 5.91 Å². The van der Waals surface area contributed by atoms with E-state index >= 15 is 0 Å². The molecule has 0 bridgehead atoms. The van der Waals surface area contributed by atoms with Crippen LogP contribution in [0, 0.1) is 0 Å². The second kappa shape index (κ2) is 10.0. The fourth-order valence-corrected chi connectivity index (χ4v) is 3.96. The molecule has 3 rings (SSSR count). The molecule has 1 atom stereocenters. The number of anilines is 1. The average Bonchev–Trinajstić information content (AvgIpc) is 2.74. The number of fused-ring (bicyclic) bond motifs is 1. The summed E-state index contributed by atoms with van der Waals surface area (Å²) in [6.07, 6.45) is 3.48. The van der Waals surface area contributed by atoms with Crippen LogP contribution in [0.4, 0.5) is 5.69 Å². The number of hydrogen-bond donors (Lipinski definition) is 1. The number of carbonyl (C=O) groups is 1. The maximum absolute atomic E-state index is 12.6. The molecule has 2 aromatic carbocycles. The predicted octanol–water partition coefficient (Wildman–Crippen LogP) is 5.10. The highest BCUT2D eigenvalue weighted by Gasteiger charge is 2.20. The molecule has 1 N–H and O–H groups in total. The van der Waals surface area contributed by atoms with Gasteiger partial charge in [0.05, 0.1) is 0 Å². The maximum atomic E-state index is 12.6. The van der Waals surface area contributed by atoms with Crippen LogP contribution in [0.3, 0.4) is 0 Å². The summed E-state index contributed by atoms with van der Waals surface area (Å²) in [6, 6.07) is 16.7. The van der Waals surface area contributed by atoms with Crippen LogP contribution in [0.1, 0.15) is 58.1 Å². The second-order valence-electron chi connectivity index (χ2n) is 9.15. The molecule has 4 nitrogen and oxygen atoms in total. The second-order valence-corrected chi connectivity index (χ2v) is 9.15. The van der Waals surface area contributed by atoms with Gasteiger partial charge in [0.1, 0.15) is 5.75 Å². The van der Waals surface area contributed by atoms with Crippen molar-refractivity contribution < 1.29 is 9.53 Å². The van der Waals surface area contributed by atoms with Crippen molar-refractivity contribution in [1.82, 2.24) is 5.32 Å². The van der Waals surface area contributed by atoms with Crippen LogP contribution in [0.15, 0.2) is 48.5 Å². The molecule has 0 saturated heterocycles. The molecule has 30 heavy (non-hydrogen) atoms. The van der Waals surface area contributed by atoms with Crippen molar-refractivity contribution in [1.29, 1.82) is 0 Å². The molecule has 1 aliphatic rings. The van der Waals surface area contributed by atoms with E-state index in [2.05, 4.69) is 67.4 Å². The lowest BCUT2D eigenvalue weighted by Gasteiger charge is -2.31. The molecule has 0 aliphatic carbocycles. The molecule has 0 spiro atoms. The van der Waals surface area contributed by atoms with Crippen LogP contribution in [0.25, 0.3) is 0 Å². The Hall–Kier alpha value is -2.49. The molecule has 1 unspecified atom stereocenters. The summed E-state index contributed by atoms with van der Waals surface area (Å²) in [5.41, 5.74) is 4.15. The maximum Gasteiger partial charge on any atom is 0.261 e. The van der Waals surface area contributed by atoms with Gasteiger partial charge in [-0.1, -0.05) is 58.0 Å². The van der Waals surface area contributed by atoms with Crippen LogP contribution in [-0.4, -0.2) is 31.6 Å². The molecular formula is C26H36N2O2. The van der Waals surface area contributed by atoms with Crippen molar-refractivity contribution in [2.24, 2.45) is 0 Å². The highest BCUT2D eigenvalue weighted by Crippen LogP contribution is 2.27. The van der Waals surface area contributed by atoms with Gasteiger partial charge >= 0.3 is 0 Å². The number of carbonyl (C=O) groups excluding carboxylic acids is 1. The number of rotatable bonds is 8. The van der Waals surface area contributed by atoms with Crippen molar-refractivity contribution >= 4 is 11.6 Å². The minimum atomic E-state index is -0.457. The van der Waals surface area contributed by atoms with Crippen LogP contribution < -0.4 is 15.0 Å². The van der Waals surface area contributed by atoms with E-state index in [-0.39, 0.29) is 11.3 Å². The Labute approximate surface area is 181 Å². The first-order chi connectivity index (χ1) is 14.4. The SMILES string of the molecule is CCC(Oc1ccc(C(C)(C)C)cc1)C(=O)NCCCN1CCCc2ccccc21. The minimum absolute atomic E-state index is 0.0311. The molecule has 0 aromatic heterocycles. The monoisotopic (exact) mass is 408 g/mol. The molecule has 0 fully saturated rings. The summed E-state index contributed by atoms with van der Waals surface area (Å²) in [6.45, 7) is 11.3. The molecule has 0 saturated carbocycles. The number of amides is 1. The normalized spacial score (nSPS) is 14.7. The summed E-state index contributed by atoms with van der Waals surface area (Å²) in [4.78, 5) is 15.0. The Morgan fingerprint density at radius 1 is 1.13 bits per heavy atom. The van der Waals surface area contributed by atoms with Crippen molar-refractivity contribution in [2.75, 3.05) is 24.5 Å². The molecule has 1 heterocycles. The molecule has 162 valence electrons. The standard InChI is InChI=1S/C26H36N2O2/c1-5-24(30-22-15-13-21(14-16-22)26(2,3)4)25(29)27-17-9-19-28-18-8-11-20-10-6-7-12-23(20)28/h6-7,10,12-16,24H,5,8-9,11,17-19H2,1-4H3,(H,27,29). The van der Waals surface area contributed by atoms with Gasteiger partial charge in [-0.2, -0.15) is 0 Å². The van der Waals surface area contributed by atoms with Gasteiger partial charge in [-0.3, -0.25) is 4.79 Å². The van der Waals surface area contributed by atoms with Crippen molar-refractivity contribution in [3.8, 4) is 5.75 Å². The van der Waals surface area contributed by atoms with Crippen molar-refractivity contribution in [2.45, 2.75) is 64.9 Å². The Bertz CT molecular complexity index is 824. The van der Waals surface area contributed by atoms with Gasteiger partial charge in [-0.05, 0) is 60.4 Å². The molecule has 4 heteroatoms.